The number of benzene rings is 3. The number of carbonyl (C=O) groups excluding carboxylic acids is 2. The topological polar surface area (TPSA) is 96.0 Å². The first-order valence-electron chi connectivity index (χ1n) is 14.6. The maximum absolute atomic E-state index is 14.3. The van der Waals surface area contributed by atoms with Crippen LogP contribution in [-0.4, -0.2) is 57.1 Å². The van der Waals surface area contributed by atoms with Gasteiger partial charge in [0.05, 0.1) is 19.1 Å². The fourth-order valence-electron chi connectivity index (χ4n) is 4.70. The van der Waals surface area contributed by atoms with Crippen LogP contribution in [0.2, 0.25) is 0 Å². The number of carbonyl (C=O) groups is 2. The number of methoxy groups -OCH3 is 1. The zero-order valence-electron chi connectivity index (χ0n) is 26.3. The van der Waals surface area contributed by atoms with Crippen molar-refractivity contribution < 1.29 is 22.7 Å². The third-order valence-corrected chi connectivity index (χ3v) is 8.60. The van der Waals surface area contributed by atoms with E-state index in [9.17, 15) is 18.0 Å². The van der Waals surface area contributed by atoms with Crippen LogP contribution in [0.25, 0.3) is 0 Å². The molecule has 0 aromatic heterocycles. The zero-order valence-corrected chi connectivity index (χ0v) is 27.1. The molecule has 0 bridgehead atoms. The van der Waals surface area contributed by atoms with E-state index >= 15 is 0 Å². The van der Waals surface area contributed by atoms with Crippen LogP contribution in [0.1, 0.15) is 57.7 Å². The predicted octanol–water partition coefficient (Wildman–Crippen LogP) is 5.31. The summed E-state index contributed by atoms with van der Waals surface area (Å²) >= 11 is 0. The number of nitrogens with zero attached hydrogens (tertiary/aromatic N) is 2. The lowest BCUT2D eigenvalue weighted by Gasteiger charge is -2.34. The smallest absolute Gasteiger partial charge is 0.244 e. The molecular weight excluding hydrogens is 562 g/mol. The molecule has 2 amide bonds. The zero-order chi connectivity index (χ0) is 31.8. The van der Waals surface area contributed by atoms with Gasteiger partial charge in [-0.25, -0.2) is 8.42 Å². The molecule has 3 rings (SSSR count). The molecule has 0 saturated heterocycles. The molecule has 0 aliphatic heterocycles. The van der Waals surface area contributed by atoms with Gasteiger partial charge >= 0.3 is 0 Å². The summed E-state index contributed by atoms with van der Waals surface area (Å²) in [5.74, 6) is -0.173. The molecule has 0 radical (unpaired) electrons. The van der Waals surface area contributed by atoms with Gasteiger partial charge in [0.1, 0.15) is 18.3 Å². The van der Waals surface area contributed by atoms with E-state index in [0.29, 0.717) is 11.4 Å². The average molecular weight is 608 g/mol. The molecule has 0 heterocycles. The van der Waals surface area contributed by atoms with Crippen molar-refractivity contribution in [3.05, 3.63) is 95.6 Å². The van der Waals surface area contributed by atoms with Crippen molar-refractivity contribution in [2.45, 2.75) is 71.5 Å². The van der Waals surface area contributed by atoms with Gasteiger partial charge in [-0.3, -0.25) is 13.9 Å². The fraction of sp³-hybridized carbons (Fsp3) is 0.412. The summed E-state index contributed by atoms with van der Waals surface area (Å²) in [6, 6.07) is 23.0. The summed E-state index contributed by atoms with van der Waals surface area (Å²) in [6.45, 7) is 9.75. The highest BCUT2D eigenvalue weighted by Crippen LogP contribution is 2.27. The lowest BCUT2D eigenvalue weighted by Crippen LogP contribution is -2.54. The highest BCUT2D eigenvalue weighted by Gasteiger charge is 2.33. The number of hydrogen-bond donors (Lipinski definition) is 1. The molecule has 8 nitrogen and oxygen atoms in total. The minimum absolute atomic E-state index is 0.0853. The number of amides is 2. The van der Waals surface area contributed by atoms with Crippen molar-refractivity contribution in [3.8, 4) is 5.75 Å². The Kier molecular flexibility index (Phi) is 11.4. The first-order chi connectivity index (χ1) is 20.2. The van der Waals surface area contributed by atoms with E-state index in [2.05, 4.69) is 26.1 Å². The van der Waals surface area contributed by atoms with Gasteiger partial charge in [-0.05, 0) is 59.7 Å². The number of nitrogens with one attached hydrogen (secondary N) is 1. The normalized spacial score (nSPS) is 13.1. The van der Waals surface area contributed by atoms with E-state index < -0.39 is 28.5 Å². The molecule has 3 aromatic carbocycles. The van der Waals surface area contributed by atoms with Crippen LogP contribution in [-0.2, 0) is 38.0 Å². The molecule has 0 spiro atoms. The van der Waals surface area contributed by atoms with Crippen LogP contribution < -0.4 is 14.4 Å². The highest BCUT2D eigenvalue weighted by molar-refractivity contribution is 7.92. The lowest BCUT2D eigenvalue weighted by atomic mass is 9.87. The summed E-state index contributed by atoms with van der Waals surface area (Å²) in [7, 11) is -2.28. The van der Waals surface area contributed by atoms with Gasteiger partial charge < -0.3 is 15.0 Å². The van der Waals surface area contributed by atoms with Gasteiger partial charge in [0, 0.05) is 19.0 Å². The van der Waals surface area contributed by atoms with Gasteiger partial charge in [-0.15, -0.1) is 0 Å². The molecule has 0 saturated carbocycles. The Morgan fingerprint density at radius 2 is 1.56 bits per heavy atom. The Morgan fingerprint density at radius 3 is 2.12 bits per heavy atom. The van der Waals surface area contributed by atoms with Crippen LogP contribution >= 0.6 is 0 Å². The van der Waals surface area contributed by atoms with Gasteiger partial charge in [-0.1, -0.05) is 82.3 Å². The second-order valence-corrected chi connectivity index (χ2v) is 13.9. The van der Waals surface area contributed by atoms with E-state index in [1.54, 1.807) is 25.3 Å². The van der Waals surface area contributed by atoms with Crippen LogP contribution in [0.4, 0.5) is 5.69 Å². The van der Waals surface area contributed by atoms with Gasteiger partial charge in [0.2, 0.25) is 21.8 Å². The summed E-state index contributed by atoms with van der Waals surface area (Å²) in [6.07, 6.45) is 2.07. The molecule has 43 heavy (non-hydrogen) atoms. The summed E-state index contributed by atoms with van der Waals surface area (Å²) in [5, 5.41) is 3.04. The third-order valence-electron chi connectivity index (χ3n) is 7.46. The molecule has 0 fully saturated rings. The largest absolute Gasteiger partial charge is 0.497 e. The second-order valence-electron chi connectivity index (χ2n) is 12.0. The molecule has 0 aliphatic rings. The SMILES string of the molecule is CC[C@H](C)NC(=O)[C@@H](Cc1ccccc1)N(Cc1cccc(OC)c1)C(=O)CN(c1ccc(C(C)(C)C)cc1)S(C)(=O)=O. The lowest BCUT2D eigenvalue weighted by molar-refractivity contribution is -0.140. The summed E-state index contributed by atoms with van der Waals surface area (Å²) < 4.78 is 32.6. The van der Waals surface area contributed by atoms with Crippen LogP contribution in [0.5, 0.6) is 5.75 Å². The molecular formula is C34H45N3O5S. The van der Waals surface area contributed by atoms with E-state index in [1.165, 1.54) is 4.90 Å². The number of sulfonamides is 1. The van der Waals surface area contributed by atoms with Gasteiger partial charge in [0.15, 0.2) is 0 Å². The minimum Gasteiger partial charge on any atom is -0.497 e. The fourth-order valence-corrected chi connectivity index (χ4v) is 5.55. The van der Waals surface area contributed by atoms with Crippen molar-refractivity contribution in [2.24, 2.45) is 0 Å². The molecule has 2 atom stereocenters. The predicted molar refractivity (Wildman–Crippen MR) is 173 cm³/mol. The Morgan fingerprint density at radius 1 is 0.930 bits per heavy atom. The number of rotatable bonds is 13. The van der Waals surface area contributed by atoms with E-state index in [4.69, 9.17) is 4.74 Å². The molecule has 232 valence electrons. The monoisotopic (exact) mass is 607 g/mol. The Labute approximate surface area is 257 Å². The maximum Gasteiger partial charge on any atom is 0.244 e. The van der Waals surface area contributed by atoms with Crippen molar-refractivity contribution >= 4 is 27.5 Å². The number of ether oxygens (including phenoxy) is 1. The van der Waals surface area contributed by atoms with E-state index in [1.807, 2.05) is 74.5 Å². The minimum atomic E-state index is -3.84. The first kappa shape index (κ1) is 33.6. The Bertz CT molecular complexity index is 1470. The maximum atomic E-state index is 14.3. The first-order valence-corrected chi connectivity index (χ1v) is 16.4. The highest BCUT2D eigenvalue weighted by atomic mass is 32.2. The summed E-state index contributed by atoms with van der Waals surface area (Å²) in [5.41, 5.74) is 2.94. The molecule has 3 aromatic rings. The van der Waals surface area contributed by atoms with Crippen LogP contribution in [0.3, 0.4) is 0 Å². The number of hydrogen-bond acceptors (Lipinski definition) is 5. The molecule has 1 N–H and O–H groups in total. The van der Waals surface area contributed by atoms with Crippen LogP contribution in [0.15, 0.2) is 78.9 Å². The molecule has 0 aliphatic carbocycles. The standard InChI is InChI=1S/C34H45N3O5S/c1-8-25(2)35-33(39)31(22-26-13-10-9-11-14-26)36(23-27-15-12-16-30(21-27)42-6)32(38)24-37(43(7,40)41)29-19-17-28(18-20-29)34(3,4)5/h9-21,25,31H,8,22-24H2,1-7H3,(H,35,39)/t25-,31+/m0/s1. The Hall–Kier alpha value is -3.85. The molecule has 0 unspecified atom stereocenters. The van der Waals surface area contributed by atoms with Crippen molar-refractivity contribution in [1.82, 2.24) is 10.2 Å². The van der Waals surface area contributed by atoms with Crippen molar-refractivity contribution in [1.29, 1.82) is 0 Å². The molecule has 9 heteroatoms. The number of anilines is 1. The third kappa shape index (κ3) is 9.58. The quantitative estimate of drug-likeness (QED) is 0.284. The van der Waals surface area contributed by atoms with Gasteiger partial charge in [0.25, 0.3) is 0 Å². The Balaban J connectivity index is 2.07. The van der Waals surface area contributed by atoms with Crippen molar-refractivity contribution in [2.75, 3.05) is 24.2 Å². The van der Waals surface area contributed by atoms with Crippen molar-refractivity contribution in [3.63, 3.8) is 0 Å². The van der Waals surface area contributed by atoms with Gasteiger partial charge in [-0.2, -0.15) is 0 Å². The van der Waals surface area contributed by atoms with Crippen LogP contribution in [0, 0.1) is 0 Å². The van der Waals surface area contributed by atoms with E-state index in [0.717, 1.165) is 33.7 Å². The second kappa shape index (κ2) is 14.6. The van der Waals surface area contributed by atoms with E-state index in [-0.39, 0.29) is 30.3 Å². The summed E-state index contributed by atoms with van der Waals surface area (Å²) in [4.78, 5) is 29.5. The average Bonchev–Trinajstić information content (AvgIpc) is 2.97.